The number of aryl methyl sites for hydroxylation is 3. The molecule has 0 spiro atoms. The van der Waals surface area contributed by atoms with Crippen LogP contribution in [-0.2, 0) is 19.9 Å². The van der Waals surface area contributed by atoms with Crippen molar-refractivity contribution in [2.75, 3.05) is 0 Å². The summed E-state index contributed by atoms with van der Waals surface area (Å²) in [6.07, 6.45) is 3.69. The normalized spacial score (nSPS) is 16.2. The zero-order chi connectivity index (χ0) is 12.0. The zero-order valence-corrected chi connectivity index (χ0v) is 11.9. The van der Waals surface area contributed by atoms with Gasteiger partial charge >= 0.3 is 0 Å². The van der Waals surface area contributed by atoms with Crippen LogP contribution in [0.15, 0.2) is 10.7 Å². The Labute approximate surface area is 112 Å². The summed E-state index contributed by atoms with van der Waals surface area (Å²) >= 11 is 5.23. The van der Waals surface area contributed by atoms with Gasteiger partial charge in [-0.1, -0.05) is 5.21 Å². The summed E-state index contributed by atoms with van der Waals surface area (Å²) in [7, 11) is 1.87. The molecular formula is C11H13BrN4S. The van der Waals surface area contributed by atoms with Crippen molar-refractivity contribution in [1.82, 2.24) is 15.0 Å². The molecule has 2 N–H and O–H groups in total. The summed E-state index contributed by atoms with van der Waals surface area (Å²) in [4.78, 5) is 2.71. The summed E-state index contributed by atoms with van der Waals surface area (Å²) in [5.74, 6) is 0. The van der Waals surface area contributed by atoms with E-state index in [1.54, 1.807) is 4.68 Å². The molecule has 0 saturated heterocycles. The Balaban J connectivity index is 1.98. The van der Waals surface area contributed by atoms with E-state index in [0.717, 1.165) is 10.3 Å². The first-order valence-corrected chi connectivity index (χ1v) is 7.20. The fraction of sp³-hybridized carbons (Fsp3) is 0.455. The molecule has 0 bridgehead atoms. The molecule has 1 atom stereocenters. The highest BCUT2D eigenvalue weighted by Gasteiger charge is 2.23. The van der Waals surface area contributed by atoms with Crippen LogP contribution in [0, 0.1) is 0 Å². The molecule has 1 aliphatic carbocycles. The van der Waals surface area contributed by atoms with Crippen molar-refractivity contribution >= 4 is 27.3 Å². The summed E-state index contributed by atoms with van der Waals surface area (Å²) in [5, 5.41) is 7.95. The van der Waals surface area contributed by atoms with Gasteiger partial charge in [-0.05, 0) is 46.8 Å². The van der Waals surface area contributed by atoms with Crippen LogP contribution in [-0.4, -0.2) is 15.0 Å². The summed E-state index contributed by atoms with van der Waals surface area (Å²) in [6, 6.07) is 2.11. The van der Waals surface area contributed by atoms with Crippen LogP contribution in [0.1, 0.15) is 33.5 Å². The second-order valence-corrected chi connectivity index (χ2v) is 6.24. The Morgan fingerprint density at radius 1 is 1.53 bits per heavy atom. The molecular weight excluding hydrogens is 300 g/mol. The number of thiophene rings is 1. The van der Waals surface area contributed by atoms with Gasteiger partial charge in [0.2, 0.25) is 0 Å². The number of fused-ring (bicyclic) bond motifs is 1. The lowest BCUT2D eigenvalue weighted by molar-refractivity contribution is 0.654. The Hall–Kier alpha value is -0.720. The van der Waals surface area contributed by atoms with Gasteiger partial charge in [0.1, 0.15) is 0 Å². The zero-order valence-electron chi connectivity index (χ0n) is 9.48. The highest BCUT2D eigenvalue weighted by molar-refractivity contribution is 9.10. The minimum absolute atomic E-state index is 0.139. The molecule has 1 unspecified atom stereocenters. The average molecular weight is 313 g/mol. The first kappa shape index (κ1) is 11.4. The third kappa shape index (κ3) is 1.84. The maximum absolute atomic E-state index is 6.30. The molecule has 6 heteroatoms. The van der Waals surface area contributed by atoms with Crippen molar-refractivity contribution < 1.29 is 0 Å². The Kier molecular flexibility index (Phi) is 2.80. The van der Waals surface area contributed by atoms with Gasteiger partial charge in [-0.25, -0.2) is 4.68 Å². The van der Waals surface area contributed by atoms with E-state index >= 15 is 0 Å². The molecule has 1 aliphatic rings. The van der Waals surface area contributed by atoms with E-state index in [1.165, 1.54) is 34.6 Å². The number of nitrogens with two attached hydrogens (primary N) is 1. The van der Waals surface area contributed by atoms with Crippen LogP contribution < -0.4 is 5.73 Å². The molecule has 2 heterocycles. The fourth-order valence-electron chi connectivity index (χ4n) is 2.31. The standard InChI is InChI=1S/C11H13BrN4S/c1-16-10(11(12)14-15-16)9(13)8-5-6-3-2-4-7(6)17-8/h5,9H,2-4,13H2,1H3. The first-order chi connectivity index (χ1) is 8.16. The van der Waals surface area contributed by atoms with E-state index in [0.29, 0.717) is 0 Å². The summed E-state index contributed by atoms with van der Waals surface area (Å²) in [5.41, 5.74) is 8.72. The third-order valence-electron chi connectivity index (χ3n) is 3.19. The van der Waals surface area contributed by atoms with Gasteiger partial charge in [-0.2, -0.15) is 0 Å². The smallest absolute Gasteiger partial charge is 0.153 e. The minimum atomic E-state index is -0.139. The third-order valence-corrected chi connectivity index (χ3v) is 5.08. The molecule has 3 rings (SSSR count). The van der Waals surface area contributed by atoms with Crippen LogP contribution in [0.5, 0.6) is 0 Å². The van der Waals surface area contributed by atoms with E-state index in [-0.39, 0.29) is 6.04 Å². The van der Waals surface area contributed by atoms with Crippen molar-refractivity contribution in [2.24, 2.45) is 12.8 Å². The second kappa shape index (κ2) is 4.19. The minimum Gasteiger partial charge on any atom is -0.318 e. The monoisotopic (exact) mass is 312 g/mol. The van der Waals surface area contributed by atoms with Crippen molar-refractivity contribution in [1.29, 1.82) is 0 Å². The van der Waals surface area contributed by atoms with Crippen LogP contribution in [0.25, 0.3) is 0 Å². The molecule has 90 valence electrons. The van der Waals surface area contributed by atoms with Crippen molar-refractivity contribution in [3.63, 3.8) is 0 Å². The van der Waals surface area contributed by atoms with Gasteiger partial charge in [-0.3, -0.25) is 0 Å². The predicted octanol–water partition coefficient (Wildman–Crippen LogP) is 2.18. The molecule has 0 saturated carbocycles. The Morgan fingerprint density at radius 2 is 2.35 bits per heavy atom. The van der Waals surface area contributed by atoms with Crippen molar-refractivity contribution in [3.8, 4) is 0 Å². The number of halogens is 1. The highest BCUT2D eigenvalue weighted by atomic mass is 79.9. The van der Waals surface area contributed by atoms with Gasteiger partial charge in [0.15, 0.2) is 4.60 Å². The molecule has 2 aromatic heterocycles. The topological polar surface area (TPSA) is 56.7 Å². The molecule has 17 heavy (non-hydrogen) atoms. The maximum atomic E-state index is 6.30. The SMILES string of the molecule is Cn1nnc(Br)c1C(N)c1cc2c(s1)CCC2. The van der Waals surface area contributed by atoms with E-state index < -0.39 is 0 Å². The van der Waals surface area contributed by atoms with Crippen LogP contribution >= 0.6 is 27.3 Å². The number of rotatable bonds is 2. The highest BCUT2D eigenvalue weighted by Crippen LogP contribution is 2.36. The Bertz CT molecular complexity index is 519. The average Bonchev–Trinajstić information content (AvgIpc) is 2.92. The van der Waals surface area contributed by atoms with E-state index in [9.17, 15) is 0 Å². The van der Waals surface area contributed by atoms with E-state index in [1.807, 2.05) is 18.4 Å². The number of nitrogens with zero attached hydrogens (tertiary/aromatic N) is 3. The number of hydrogen-bond acceptors (Lipinski definition) is 4. The summed E-state index contributed by atoms with van der Waals surface area (Å²) < 4.78 is 2.47. The lowest BCUT2D eigenvalue weighted by Gasteiger charge is -2.09. The lowest BCUT2D eigenvalue weighted by Crippen LogP contribution is -2.15. The van der Waals surface area contributed by atoms with Gasteiger partial charge < -0.3 is 5.73 Å². The molecule has 0 aliphatic heterocycles. The molecule has 0 amide bonds. The molecule has 0 aromatic carbocycles. The largest absolute Gasteiger partial charge is 0.318 e. The molecule has 0 radical (unpaired) electrons. The first-order valence-electron chi connectivity index (χ1n) is 5.59. The lowest BCUT2D eigenvalue weighted by atomic mass is 10.1. The molecule has 4 nitrogen and oxygen atoms in total. The van der Waals surface area contributed by atoms with Crippen LogP contribution in [0.4, 0.5) is 0 Å². The maximum Gasteiger partial charge on any atom is 0.153 e. The van der Waals surface area contributed by atoms with Gasteiger partial charge in [0, 0.05) is 16.8 Å². The van der Waals surface area contributed by atoms with Crippen LogP contribution in [0.2, 0.25) is 0 Å². The van der Waals surface area contributed by atoms with Gasteiger partial charge in [0.05, 0.1) is 11.7 Å². The molecule has 0 fully saturated rings. The van der Waals surface area contributed by atoms with Gasteiger partial charge in [-0.15, -0.1) is 16.4 Å². The van der Waals surface area contributed by atoms with E-state index in [4.69, 9.17) is 5.73 Å². The quantitative estimate of drug-likeness (QED) is 0.924. The second-order valence-electron chi connectivity index (χ2n) is 4.32. The number of hydrogen-bond donors (Lipinski definition) is 1. The Morgan fingerprint density at radius 3 is 3.00 bits per heavy atom. The van der Waals surface area contributed by atoms with Crippen LogP contribution in [0.3, 0.4) is 0 Å². The van der Waals surface area contributed by atoms with E-state index in [2.05, 4.69) is 32.3 Å². The van der Waals surface area contributed by atoms with Crippen molar-refractivity contribution in [2.45, 2.75) is 25.3 Å². The summed E-state index contributed by atoms with van der Waals surface area (Å²) in [6.45, 7) is 0. The predicted molar refractivity (Wildman–Crippen MR) is 71.1 cm³/mol. The van der Waals surface area contributed by atoms with Gasteiger partial charge in [0.25, 0.3) is 0 Å². The number of aromatic nitrogens is 3. The molecule has 2 aromatic rings. The fourth-order valence-corrected chi connectivity index (χ4v) is 4.15. The van der Waals surface area contributed by atoms with Crippen molar-refractivity contribution in [3.05, 3.63) is 31.7 Å².